The van der Waals surface area contributed by atoms with Crippen LogP contribution in [0.2, 0.25) is 0 Å². The zero-order valence-corrected chi connectivity index (χ0v) is 8.74. The Balaban J connectivity index is 4.43. The lowest BCUT2D eigenvalue weighted by Gasteiger charge is -2.15. The summed E-state index contributed by atoms with van der Waals surface area (Å²) in [5, 5.41) is 18.2. The second-order valence-corrected chi connectivity index (χ2v) is 3.22. The van der Waals surface area contributed by atoms with Crippen LogP contribution in [0.15, 0.2) is 24.3 Å². The van der Waals surface area contributed by atoms with Crippen molar-refractivity contribution in [3.63, 3.8) is 0 Å². The van der Waals surface area contributed by atoms with E-state index in [4.69, 9.17) is 16.6 Å². The molecular weight excluding hydrogens is 212 g/mol. The summed E-state index contributed by atoms with van der Waals surface area (Å²) < 4.78 is 0. The molecule has 0 fully saturated rings. The van der Waals surface area contributed by atoms with E-state index in [1.807, 2.05) is 0 Å². The lowest BCUT2D eigenvalue weighted by molar-refractivity contribution is -0.114. The maximum atomic E-state index is 10.5. The zero-order valence-electron chi connectivity index (χ0n) is 8.74. The Kier molecular flexibility index (Phi) is 6.82. The molecule has 0 bridgehead atoms. The smallest absolute Gasteiger partial charge is 0.241 e. The van der Waals surface area contributed by atoms with Crippen molar-refractivity contribution in [2.24, 2.45) is 17.4 Å². The summed E-state index contributed by atoms with van der Waals surface area (Å²) in [7, 11) is 0. The predicted octanol–water partition coefficient (Wildman–Crippen LogP) is -1.57. The molecule has 0 saturated heterocycles. The number of amides is 2. The Labute approximate surface area is 93.2 Å². The van der Waals surface area contributed by atoms with Crippen molar-refractivity contribution in [3.05, 3.63) is 24.3 Å². The number of aliphatic hydroxyl groups excluding tert-OH is 2. The summed E-state index contributed by atoms with van der Waals surface area (Å²) in [6, 6.07) is 0. The highest BCUT2D eigenvalue weighted by Crippen LogP contribution is 2.11. The number of aliphatic hydroxyl groups is 2. The van der Waals surface area contributed by atoms with E-state index in [0.29, 0.717) is 0 Å². The van der Waals surface area contributed by atoms with Crippen molar-refractivity contribution < 1.29 is 19.8 Å². The highest BCUT2D eigenvalue weighted by atomic mass is 16.3. The minimum absolute atomic E-state index is 0.272. The molecule has 0 aliphatic rings. The molecule has 2 atom stereocenters. The lowest BCUT2D eigenvalue weighted by Crippen LogP contribution is -2.23. The molecule has 0 aliphatic carbocycles. The average Bonchev–Trinajstić information content (AvgIpc) is 2.21. The highest BCUT2D eigenvalue weighted by molar-refractivity contribution is 5.86. The molecule has 2 amide bonds. The van der Waals surface area contributed by atoms with Crippen molar-refractivity contribution in [1.29, 1.82) is 0 Å². The number of hydrogen-bond acceptors (Lipinski definition) is 4. The average molecular weight is 228 g/mol. The Morgan fingerprint density at radius 1 is 1.19 bits per heavy atom. The van der Waals surface area contributed by atoms with Gasteiger partial charge in [-0.25, -0.2) is 0 Å². The first kappa shape index (κ1) is 14.3. The normalized spacial score (nSPS) is 15.4. The molecule has 2 unspecified atom stereocenters. The van der Waals surface area contributed by atoms with Crippen molar-refractivity contribution in [3.8, 4) is 0 Å². The van der Waals surface area contributed by atoms with Crippen LogP contribution in [-0.2, 0) is 9.59 Å². The van der Waals surface area contributed by atoms with E-state index in [1.165, 1.54) is 12.2 Å². The van der Waals surface area contributed by atoms with Crippen molar-refractivity contribution in [2.75, 3.05) is 6.61 Å². The lowest BCUT2D eigenvalue weighted by atomic mass is 9.98. The molecule has 6 heteroatoms. The summed E-state index contributed by atoms with van der Waals surface area (Å²) in [4.78, 5) is 20.9. The van der Waals surface area contributed by atoms with Gasteiger partial charge in [0.1, 0.15) is 0 Å². The number of primary amides is 2. The second kappa shape index (κ2) is 7.61. The number of rotatable bonds is 7. The fourth-order valence-electron chi connectivity index (χ4n) is 1.06. The van der Waals surface area contributed by atoms with Crippen LogP contribution in [0.4, 0.5) is 0 Å². The van der Waals surface area contributed by atoms with Gasteiger partial charge in [-0.2, -0.15) is 0 Å². The van der Waals surface area contributed by atoms with Gasteiger partial charge in [-0.15, -0.1) is 0 Å². The number of carbonyl (C=O) groups excluding carboxylic acids is 2. The molecule has 0 spiro atoms. The van der Waals surface area contributed by atoms with Gasteiger partial charge in [0.15, 0.2) is 0 Å². The van der Waals surface area contributed by atoms with Gasteiger partial charge in [0, 0.05) is 5.92 Å². The molecule has 90 valence electrons. The molecule has 0 aromatic rings. The van der Waals surface area contributed by atoms with Crippen LogP contribution >= 0.6 is 0 Å². The minimum Gasteiger partial charge on any atom is -0.394 e. The van der Waals surface area contributed by atoms with Gasteiger partial charge in [0.05, 0.1) is 12.7 Å². The largest absolute Gasteiger partial charge is 0.394 e. The predicted molar refractivity (Wildman–Crippen MR) is 57.9 cm³/mol. The van der Waals surface area contributed by atoms with Crippen LogP contribution in [0.1, 0.15) is 6.42 Å². The first-order chi connectivity index (χ1) is 7.47. The Hall–Kier alpha value is -1.66. The standard InChI is InChI=1S/C10H16N2O4/c11-9(15)3-1-2-7(8(14)6-13)4-5-10(12)16/h1,3-5,7-8,13-14H,2,6H2,(H2,11,15)(H2,12,16). The second-order valence-electron chi connectivity index (χ2n) is 3.22. The van der Waals surface area contributed by atoms with Crippen LogP contribution in [0, 0.1) is 5.92 Å². The number of allylic oxidation sites excluding steroid dienone is 1. The van der Waals surface area contributed by atoms with E-state index < -0.39 is 30.4 Å². The topological polar surface area (TPSA) is 127 Å². The quantitative estimate of drug-likeness (QED) is 0.392. The van der Waals surface area contributed by atoms with Crippen LogP contribution in [0.25, 0.3) is 0 Å². The van der Waals surface area contributed by atoms with Gasteiger partial charge in [0.25, 0.3) is 0 Å². The summed E-state index contributed by atoms with van der Waals surface area (Å²) >= 11 is 0. The van der Waals surface area contributed by atoms with E-state index >= 15 is 0 Å². The van der Waals surface area contributed by atoms with Crippen LogP contribution in [-0.4, -0.2) is 34.7 Å². The van der Waals surface area contributed by atoms with Gasteiger partial charge in [-0.1, -0.05) is 12.2 Å². The fraction of sp³-hybridized carbons (Fsp3) is 0.400. The summed E-state index contributed by atoms with van der Waals surface area (Å²) in [5.41, 5.74) is 9.78. The van der Waals surface area contributed by atoms with Gasteiger partial charge in [-0.3, -0.25) is 9.59 Å². The molecule has 0 aromatic heterocycles. The molecule has 0 aromatic carbocycles. The monoisotopic (exact) mass is 228 g/mol. The van der Waals surface area contributed by atoms with Crippen molar-refractivity contribution in [1.82, 2.24) is 0 Å². The van der Waals surface area contributed by atoms with Gasteiger partial charge >= 0.3 is 0 Å². The summed E-state index contributed by atoms with van der Waals surface area (Å²) in [6.45, 7) is -0.446. The zero-order chi connectivity index (χ0) is 12.6. The Morgan fingerprint density at radius 2 is 1.75 bits per heavy atom. The number of nitrogens with two attached hydrogens (primary N) is 2. The molecule has 16 heavy (non-hydrogen) atoms. The first-order valence-corrected chi connectivity index (χ1v) is 4.70. The molecule has 0 rings (SSSR count). The highest BCUT2D eigenvalue weighted by Gasteiger charge is 2.14. The third-order valence-electron chi connectivity index (χ3n) is 1.88. The van der Waals surface area contributed by atoms with E-state index in [1.54, 1.807) is 0 Å². The molecular formula is C10H16N2O4. The van der Waals surface area contributed by atoms with Crippen LogP contribution in [0.5, 0.6) is 0 Å². The fourth-order valence-corrected chi connectivity index (χ4v) is 1.06. The molecule has 0 aliphatic heterocycles. The van der Waals surface area contributed by atoms with Gasteiger partial charge < -0.3 is 21.7 Å². The molecule has 0 heterocycles. The van der Waals surface area contributed by atoms with E-state index in [0.717, 1.165) is 12.2 Å². The van der Waals surface area contributed by atoms with Crippen molar-refractivity contribution in [2.45, 2.75) is 12.5 Å². The molecule has 6 N–H and O–H groups in total. The Morgan fingerprint density at radius 3 is 2.19 bits per heavy atom. The van der Waals surface area contributed by atoms with E-state index in [9.17, 15) is 14.7 Å². The van der Waals surface area contributed by atoms with Gasteiger partial charge in [0.2, 0.25) is 11.8 Å². The van der Waals surface area contributed by atoms with Crippen molar-refractivity contribution >= 4 is 11.8 Å². The maximum Gasteiger partial charge on any atom is 0.241 e. The van der Waals surface area contributed by atoms with E-state index in [-0.39, 0.29) is 6.42 Å². The number of hydrogen-bond donors (Lipinski definition) is 4. The summed E-state index contributed by atoms with van der Waals surface area (Å²) in [6.07, 6.45) is 4.34. The minimum atomic E-state index is -1.02. The maximum absolute atomic E-state index is 10.5. The molecule has 0 radical (unpaired) electrons. The first-order valence-electron chi connectivity index (χ1n) is 4.70. The summed E-state index contributed by atoms with van der Waals surface area (Å²) in [5.74, 6) is -1.74. The number of carbonyl (C=O) groups is 2. The molecule has 0 saturated carbocycles. The SMILES string of the molecule is NC(=O)C=CCC(C=CC(N)=O)C(O)CO. The van der Waals surface area contributed by atoms with E-state index in [2.05, 4.69) is 0 Å². The van der Waals surface area contributed by atoms with Crippen LogP contribution < -0.4 is 11.5 Å². The van der Waals surface area contributed by atoms with Crippen LogP contribution in [0.3, 0.4) is 0 Å². The third-order valence-corrected chi connectivity index (χ3v) is 1.88. The van der Waals surface area contributed by atoms with Gasteiger partial charge in [-0.05, 0) is 18.6 Å². The molecule has 6 nitrogen and oxygen atoms in total. The Bertz CT molecular complexity index is 299. The third kappa shape index (κ3) is 6.74.